The van der Waals surface area contributed by atoms with E-state index in [4.69, 9.17) is 4.74 Å². The van der Waals surface area contributed by atoms with Crippen LogP contribution >= 0.6 is 11.8 Å². The van der Waals surface area contributed by atoms with Crippen molar-refractivity contribution in [3.63, 3.8) is 0 Å². The Morgan fingerprint density at radius 3 is 2.68 bits per heavy atom. The van der Waals surface area contributed by atoms with Gasteiger partial charge in [0, 0.05) is 5.75 Å². The first-order chi connectivity index (χ1) is 9.12. The highest BCUT2D eigenvalue weighted by atomic mass is 32.2. The molecule has 1 aliphatic heterocycles. The first kappa shape index (κ1) is 13.7. The van der Waals surface area contributed by atoms with Gasteiger partial charge in [-0.15, -0.1) is 0 Å². The molecule has 1 atom stereocenters. The average Bonchev–Trinajstić information content (AvgIpc) is 2.87. The Kier molecular flexibility index (Phi) is 4.31. The van der Waals surface area contributed by atoms with Crippen LogP contribution in [-0.2, 0) is 16.1 Å². The second-order valence-electron chi connectivity index (χ2n) is 4.38. The van der Waals surface area contributed by atoms with Gasteiger partial charge in [0.05, 0.1) is 0 Å². The normalized spacial score (nSPS) is 21.9. The average molecular weight is 281 g/mol. The summed E-state index contributed by atoms with van der Waals surface area (Å²) in [5.41, 5.74) is -0.318. The molecule has 0 aliphatic carbocycles. The third-order valence-electron chi connectivity index (χ3n) is 2.99. The monoisotopic (exact) mass is 281 g/mol. The first-order valence-electron chi connectivity index (χ1n) is 5.92. The van der Waals surface area contributed by atoms with E-state index in [1.165, 1.54) is 11.8 Å². The highest BCUT2D eigenvalue weighted by Gasteiger charge is 2.43. The SMILES string of the molecule is O=C(N[C@@]1(C(=O)O)CCSC1)OCc1ccccc1. The largest absolute Gasteiger partial charge is 0.479 e. The summed E-state index contributed by atoms with van der Waals surface area (Å²) in [5, 5.41) is 11.7. The Morgan fingerprint density at radius 2 is 2.11 bits per heavy atom. The van der Waals surface area contributed by atoms with Crippen molar-refractivity contribution in [3.05, 3.63) is 35.9 Å². The molecule has 6 heteroatoms. The summed E-state index contributed by atoms with van der Waals surface area (Å²) in [7, 11) is 0. The van der Waals surface area contributed by atoms with Gasteiger partial charge >= 0.3 is 12.1 Å². The molecule has 1 fully saturated rings. The summed E-state index contributed by atoms with van der Waals surface area (Å²) in [5.74, 6) is 0.0998. The van der Waals surface area contributed by atoms with E-state index in [-0.39, 0.29) is 6.61 Å². The number of carboxylic acids is 1. The number of thioether (sulfide) groups is 1. The third kappa shape index (κ3) is 3.41. The molecule has 0 unspecified atom stereocenters. The van der Waals surface area contributed by atoms with Gasteiger partial charge in [0.2, 0.25) is 0 Å². The second kappa shape index (κ2) is 5.97. The van der Waals surface area contributed by atoms with E-state index in [9.17, 15) is 14.7 Å². The molecule has 19 heavy (non-hydrogen) atoms. The van der Waals surface area contributed by atoms with E-state index in [0.29, 0.717) is 12.2 Å². The Hall–Kier alpha value is -1.69. The first-order valence-corrected chi connectivity index (χ1v) is 7.08. The maximum Gasteiger partial charge on any atom is 0.408 e. The van der Waals surface area contributed by atoms with Gasteiger partial charge in [-0.25, -0.2) is 9.59 Å². The fourth-order valence-corrected chi connectivity index (χ4v) is 3.17. The zero-order valence-corrected chi connectivity index (χ0v) is 11.1. The van der Waals surface area contributed by atoms with Crippen LogP contribution in [0.25, 0.3) is 0 Å². The fourth-order valence-electron chi connectivity index (χ4n) is 1.84. The molecule has 0 radical (unpaired) electrons. The van der Waals surface area contributed by atoms with E-state index in [2.05, 4.69) is 5.32 Å². The minimum Gasteiger partial charge on any atom is -0.479 e. The number of carboxylic acid groups (broad SMARTS) is 1. The molecule has 0 spiro atoms. The molecular formula is C13H15NO4S. The molecule has 2 N–H and O–H groups in total. The lowest BCUT2D eigenvalue weighted by atomic mass is 10.00. The van der Waals surface area contributed by atoms with Gasteiger partial charge in [-0.2, -0.15) is 11.8 Å². The predicted molar refractivity (Wildman–Crippen MR) is 72.1 cm³/mol. The van der Waals surface area contributed by atoms with Crippen LogP contribution in [0.3, 0.4) is 0 Å². The van der Waals surface area contributed by atoms with Crippen LogP contribution in [-0.4, -0.2) is 34.2 Å². The van der Waals surface area contributed by atoms with Gasteiger partial charge in [-0.3, -0.25) is 0 Å². The summed E-state index contributed by atoms with van der Waals surface area (Å²) < 4.78 is 5.04. The van der Waals surface area contributed by atoms with Crippen LogP contribution in [0, 0.1) is 0 Å². The predicted octanol–water partition coefficient (Wildman–Crippen LogP) is 1.87. The van der Waals surface area contributed by atoms with Gasteiger partial charge in [-0.05, 0) is 17.7 Å². The number of nitrogens with one attached hydrogen (secondary N) is 1. The molecule has 1 amide bonds. The zero-order valence-electron chi connectivity index (χ0n) is 10.3. The van der Waals surface area contributed by atoms with Crippen molar-refractivity contribution in [3.8, 4) is 0 Å². The van der Waals surface area contributed by atoms with E-state index in [1.807, 2.05) is 30.3 Å². The number of hydrogen-bond acceptors (Lipinski definition) is 4. The fraction of sp³-hybridized carbons (Fsp3) is 0.385. The molecule has 1 aromatic rings. The van der Waals surface area contributed by atoms with Gasteiger partial charge < -0.3 is 15.2 Å². The quantitative estimate of drug-likeness (QED) is 0.881. The molecule has 2 rings (SSSR count). The van der Waals surface area contributed by atoms with Crippen LogP contribution < -0.4 is 5.32 Å². The smallest absolute Gasteiger partial charge is 0.408 e. The number of alkyl carbamates (subject to hydrolysis) is 1. The summed E-state index contributed by atoms with van der Waals surface area (Å²) in [6.45, 7) is 0.134. The lowest BCUT2D eigenvalue weighted by Gasteiger charge is -2.23. The number of amides is 1. The van der Waals surface area contributed by atoms with Crippen molar-refractivity contribution in [2.24, 2.45) is 0 Å². The van der Waals surface area contributed by atoms with Crippen molar-refractivity contribution in [2.75, 3.05) is 11.5 Å². The Balaban J connectivity index is 1.88. The van der Waals surface area contributed by atoms with Crippen molar-refractivity contribution in [1.29, 1.82) is 0 Å². The maximum atomic E-state index is 11.7. The molecule has 102 valence electrons. The molecule has 0 aromatic heterocycles. The summed E-state index contributed by atoms with van der Waals surface area (Å²) in [4.78, 5) is 22.9. The molecular weight excluding hydrogens is 266 g/mol. The number of carbonyl (C=O) groups excluding carboxylic acids is 1. The van der Waals surface area contributed by atoms with Crippen LogP contribution in [0.15, 0.2) is 30.3 Å². The van der Waals surface area contributed by atoms with Crippen LogP contribution in [0.4, 0.5) is 4.79 Å². The highest BCUT2D eigenvalue weighted by Crippen LogP contribution is 2.28. The number of hydrogen-bond donors (Lipinski definition) is 2. The molecule has 0 bridgehead atoms. The maximum absolute atomic E-state index is 11.7. The minimum atomic E-state index is -1.18. The van der Waals surface area contributed by atoms with E-state index in [0.717, 1.165) is 11.3 Å². The lowest BCUT2D eigenvalue weighted by Crippen LogP contribution is -2.54. The Labute approximate surface area is 115 Å². The molecule has 5 nitrogen and oxygen atoms in total. The van der Waals surface area contributed by atoms with E-state index in [1.54, 1.807) is 0 Å². The van der Waals surface area contributed by atoms with Crippen molar-refractivity contribution >= 4 is 23.8 Å². The van der Waals surface area contributed by atoms with E-state index >= 15 is 0 Å². The molecule has 1 aromatic carbocycles. The molecule has 0 saturated carbocycles. The third-order valence-corrected chi connectivity index (χ3v) is 4.17. The van der Waals surface area contributed by atoms with Crippen molar-refractivity contribution < 1.29 is 19.4 Å². The van der Waals surface area contributed by atoms with Crippen LogP contribution in [0.1, 0.15) is 12.0 Å². The van der Waals surface area contributed by atoms with Crippen LogP contribution in [0.2, 0.25) is 0 Å². The van der Waals surface area contributed by atoms with Gasteiger partial charge in [0.25, 0.3) is 0 Å². The standard InChI is InChI=1S/C13H15NO4S/c15-11(16)13(6-7-19-9-13)14-12(17)18-8-10-4-2-1-3-5-10/h1-5H,6-9H2,(H,14,17)(H,15,16)/t13-/m0/s1. The molecule has 1 heterocycles. The summed E-state index contributed by atoms with van der Waals surface area (Å²) >= 11 is 1.51. The topological polar surface area (TPSA) is 75.6 Å². The minimum absolute atomic E-state index is 0.134. The number of carbonyl (C=O) groups is 2. The van der Waals surface area contributed by atoms with Gasteiger partial charge in [-0.1, -0.05) is 30.3 Å². The van der Waals surface area contributed by atoms with Crippen LogP contribution in [0.5, 0.6) is 0 Å². The van der Waals surface area contributed by atoms with E-state index < -0.39 is 17.6 Å². The Morgan fingerprint density at radius 1 is 1.37 bits per heavy atom. The lowest BCUT2D eigenvalue weighted by molar-refractivity contribution is -0.143. The van der Waals surface area contributed by atoms with Crippen molar-refractivity contribution in [1.82, 2.24) is 5.32 Å². The highest BCUT2D eigenvalue weighted by molar-refractivity contribution is 7.99. The van der Waals surface area contributed by atoms with Gasteiger partial charge in [0.1, 0.15) is 6.61 Å². The number of benzene rings is 1. The summed E-state index contributed by atoms with van der Waals surface area (Å²) in [6, 6.07) is 9.25. The van der Waals surface area contributed by atoms with Crippen molar-refractivity contribution in [2.45, 2.75) is 18.6 Å². The number of rotatable bonds is 4. The molecule has 1 aliphatic rings. The number of ether oxygens (including phenoxy) is 1. The Bertz CT molecular complexity index is 457. The number of aliphatic carboxylic acids is 1. The second-order valence-corrected chi connectivity index (χ2v) is 5.48. The molecule has 1 saturated heterocycles. The zero-order chi connectivity index (χ0) is 13.7. The summed E-state index contributed by atoms with van der Waals surface area (Å²) in [6.07, 6.45) is -0.262. The van der Waals surface area contributed by atoms with Gasteiger partial charge in [0.15, 0.2) is 5.54 Å².